The molecular weight excluding hydrogens is 400 g/mol. The Morgan fingerprint density at radius 2 is 1.50 bits per heavy atom. The number of carbonyl (C=O) groups is 2. The molecular formula is C24H22O5S. The molecule has 0 aliphatic carbocycles. The highest BCUT2D eigenvalue weighted by molar-refractivity contribution is 7.92. The molecule has 0 heterocycles. The number of carbonyl (C=O) groups excluding carboxylic acids is 2. The van der Waals surface area contributed by atoms with Crippen LogP contribution in [0, 0.1) is 6.92 Å². The summed E-state index contributed by atoms with van der Waals surface area (Å²) in [6.45, 7) is 1.84. The summed E-state index contributed by atoms with van der Waals surface area (Å²) in [5.74, 6) is -0.570. The molecule has 0 aromatic heterocycles. The summed E-state index contributed by atoms with van der Waals surface area (Å²) >= 11 is 0. The Labute approximate surface area is 176 Å². The summed E-state index contributed by atoms with van der Waals surface area (Å²) in [6.07, 6.45) is -0.461. The Hall–Kier alpha value is -3.25. The van der Waals surface area contributed by atoms with Crippen LogP contribution in [0.25, 0.3) is 0 Å². The Bertz CT molecular complexity index is 1150. The van der Waals surface area contributed by atoms with Gasteiger partial charge in [0.2, 0.25) is 0 Å². The van der Waals surface area contributed by atoms with Gasteiger partial charge >= 0.3 is 0 Å². The second-order valence-electron chi connectivity index (χ2n) is 6.94. The summed E-state index contributed by atoms with van der Waals surface area (Å²) in [5, 5.41) is -1.53. The molecule has 0 fully saturated rings. The van der Waals surface area contributed by atoms with Crippen LogP contribution in [0.4, 0.5) is 0 Å². The van der Waals surface area contributed by atoms with Crippen molar-refractivity contribution >= 4 is 21.4 Å². The third-order valence-electron chi connectivity index (χ3n) is 4.84. The second-order valence-corrected chi connectivity index (χ2v) is 9.07. The van der Waals surface area contributed by atoms with Crippen molar-refractivity contribution in [3.8, 4) is 5.75 Å². The van der Waals surface area contributed by atoms with Crippen LogP contribution in [0.3, 0.4) is 0 Å². The van der Waals surface area contributed by atoms with Crippen LogP contribution in [-0.4, -0.2) is 32.3 Å². The molecule has 0 N–H and O–H groups in total. The predicted molar refractivity (Wildman–Crippen MR) is 115 cm³/mol. The molecule has 0 saturated heterocycles. The van der Waals surface area contributed by atoms with Crippen LogP contribution in [0.15, 0.2) is 83.8 Å². The van der Waals surface area contributed by atoms with Crippen molar-refractivity contribution in [3.05, 3.63) is 95.6 Å². The van der Waals surface area contributed by atoms with Gasteiger partial charge in [-0.25, -0.2) is 8.42 Å². The Morgan fingerprint density at radius 1 is 0.867 bits per heavy atom. The maximum absolute atomic E-state index is 13.4. The first-order valence-electron chi connectivity index (χ1n) is 9.40. The van der Waals surface area contributed by atoms with E-state index in [0.717, 1.165) is 5.56 Å². The van der Waals surface area contributed by atoms with Crippen LogP contribution < -0.4 is 4.74 Å². The number of ether oxygens (including phenoxy) is 1. The van der Waals surface area contributed by atoms with E-state index in [1.165, 1.54) is 25.3 Å². The monoisotopic (exact) mass is 422 g/mol. The van der Waals surface area contributed by atoms with E-state index in [1.54, 1.807) is 60.7 Å². The highest BCUT2D eigenvalue weighted by Crippen LogP contribution is 2.25. The summed E-state index contributed by atoms with van der Waals surface area (Å²) in [7, 11) is -2.61. The van der Waals surface area contributed by atoms with Crippen molar-refractivity contribution in [2.45, 2.75) is 23.5 Å². The van der Waals surface area contributed by atoms with E-state index in [1.807, 2.05) is 6.92 Å². The minimum atomic E-state index is -4.09. The lowest BCUT2D eigenvalue weighted by atomic mass is 10.0. The molecule has 5 nitrogen and oxygen atoms in total. The predicted octanol–water partition coefficient (Wildman–Crippen LogP) is 4.30. The van der Waals surface area contributed by atoms with Crippen molar-refractivity contribution in [1.82, 2.24) is 0 Å². The van der Waals surface area contributed by atoms with Gasteiger partial charge in [0.05, 0.1) is 12.0 Å². The first-order valence-corrected chi connectivity index (χ1v) is 10.9. The SMILES string of the molecule is COc1cccc(C(=O)C[C@H](C(=O)c2ccccc2)S(=O)(=O)c2ccc(C)cc2)c1. The third kappa shape index (κ3) is 4.66. The van der Waals surface area contributed by atoms with E-state index in [-0.39, 0.29) is 10.5 Å². The molecule has 0 spiro atoms. The van der Waals surface area contributed by atoms with Crippen LogP contribution in [-0.2, 0) is 9.84 Å². The molecule has 0 amide bonds. The zero-order valence-corrected chi connectivity index (χ0v) is 17.6. The zero-order chi connectivity index (χ0) is 21.7. The van der Waals surface area contributed by atoms with Gasteiger partial charge in [0.1, 0.15) is 11.0 Å². The fourth-order valence-corrected chi connectivity index (χ4v) is 4.74. The van der Waals surface area contributed by atoms with Crippen molar-refractivity contribution in [3.63, 3.8) is 0 Å². The van der Waals surface area contributed by atoms with Gasteiger partial charge in [-0.05, 0) is 31.2 Å². The second kappa shape index (κ2) is 9.05. The molecule has 0 aliphatic heterocycles. The van der Waals surface area contributed by atoms with Gasteiger partial charge < -0.3 is 4.74 Å². The van der Waals surface area contributed by atoms with Crippen LogP contribution >= 0.6 is 0 Å². The maximum Gasteiger partial charge on any atom is 0.189 e. The minimum absolute atomic E-state index is 0.0147. The standard InChI is InChI=1S/C24H22O5S/c1-17-11-13-21(14-12-17)30(27,28)23(24(26)18-7-4-3-5-8-18)16-22(25)19-9-6-10-20(15-19)29-2/h3-15,23H,16H2,1-2H3/t23-/m1/s1. The molecule has 0 radical (unpaired) electrons. The lowest BCUT2D eigenvalue weighted by molar-refractivity contribution is 0.0920. The van der Waals surface area contributed by atoms with E-state index >= 15 is 0 Å². The van der Waals surface area contributed by atoms with E-state index < -0.39 is 33.1 Å². The molecule has 0 aliphatic rings. The number of ketones is 2. The topological polar surface area (TPSA) is 77.5 Å². The Morgan fingerprint density at radius 3 is 2.13 bits per heavy atom. The molecule has 30 heavy (non-hydrogen) atoms. The van der Waals surface area contributed by atoms with E-state index in [0.29, 0.717) is 11.3 Å². The average Bonchev–Trinajstić information content (AvgIpc) is 2.77. The number of aryl methyl sites for hydroxylation is 1. The highest BCUT2D eigenvalue weighted by Gasteiger charge is 2.36. The van der Waals surface area contributed by atoms with Crippen LogP contribution in [0.2, 0.25) is 0 Å². The van der Waals surface area contributed by atoms with Crippen molar-refractivity contribution in [2.75, 3.05) is 7.11 Å². The first kappa shape index (κ1) is 21.5. The number of hydrogen-bond acceptors (Lipinski definition) is 5. The third-order valence-corrected chi connectivity index (χ3v) is 6.90. The quantitative estimate of drug-likeness (QED) is 0.506. The molecule has 0 unspecified atom stereocenters. The normalized spacial score (nSPS) is 12.2. The minimum Gasteiger partial charge on any atom is -0.497 e. The zero-order valence-electron chi connectivity index (χ0n) is 16.7. The molecule has 1 atom stereocenters. The number of methoxy groups -OCH3 is 1. The molecule has 3 aromatic rings. The van der Waals surface area contributed by atoms with Gasteiger partial charge in [-0.3, -0.25) is 9.59 Å². The van der Waals surface area contributed by atoms with Crippen molar-refractivity contribution < 1.29 is 22.7 Å². The van der Waals surface area contributed by atoms with E-state index in [2.05, 4.69) is 0 Å². The maximum atomic E-state index is 13.4. The first-order chi connectivity index (χ1) is 14.3. The van der Waals surface area contributed by atoms with E-state index in [4.69, 9.17) is 4.74 Å². The highest BCUT2D eigenvalue weighted by atomic mass is 32.2. The van der Waals surface area contributed by atoms with Crippen LogP contribution in [0.5, 0.6) is 5.75 Å². The number of sulfone groups is 1. The molecule has 3 rings (SSSR count). The molecule has 154 valence electrons. The summed E-state index contributed by atoms with van der Waals surface area (Å²) < 4.78 is 31.8. The number of benzene rings is 3. The van der Waals surface area contributed by atoms with Gasteiger partial charge in [-0.2, -0.15) is 0 Å². The summed E-state index contributed by atoms with van der Waals surface area (Å²) in [6, 6.07) is 20.9. The number of rotatable bonds is 8. The van der Waals surface area contributed by atoms with Gasteiger partial charge in [0.15, 0.2) is 21.4 Å². The lowest BCUT2D eigenvalue weighted by Gasteiger charge is -2.17. The van der Waals surface area contributed by atoms with E-state index in [9.17, 15) is 18.0 Å². The van der Waals surface area contributed by atoms with Crippen LogP contribution in [0.1, 0.15) is 32.7 Å². The van der Waals surface area contributed by atoms with Crippen molar-refractivity contribution in [2.24, 2.45) is 0 Å². The molecule has 3 aromatic carbocycles. The molecule has 0 saturated carbocycles. The van der Waals surface area contributed by atoms with Gasteiger partial charge in [0, 0.05) is 17.5 Å². The summed E-state index contributed by atoms with van der Waals surface area (Å²) in [4.78, 5) is 26.1. The fourth-order valence-electron chi connectivity index (χ4n) is 3.11. The molecule has 6 heteroatoms. The Kier molecular flexibility index (Phi) is 6.47. The molecule has 0 bridgehead atoms. The fraction of sp³-hybridized carbons (Fsp3) is 0.167. The van der Waals surface area contributed by atoms with Crippen molar-refractivity contribution in [1.29, 1.82) is 0 Å². The number of hydrogen-bond donors (Lipinski definition) is 0. The lowest BCUT2D eigenvalue weighted by Crippen LogP contribution is -2.33. The average molecular weight is 423 g/mol. The largest absolute Gasteiger partial charge is 0.497 e. The Balaban J connectivity index is 2.02. The smallest absolute Gasteiger partial charge is 0.189 e. The van der Waals surface area contributed by atoms with Gasteiger partial charge in [-0.15, -0.1) is 0 Å². The summed E-state index contributed by atoms with van der Waals surface area (Å²) in [5.41, 5.74) is 1.43. The number of Topliss-reactive ketones (excluding diaryl/α,β-unsaturated/α-hetero) is 2. The van der Waals surface area contributed by atoms with Gasteiger partial charge in [0.25, 0.3) is 0 Å². The van der Waals surface area contributed by atoms with Gasteiger partial charge in [-0.1, -0.05) is 60.2 Å².